The summed E-state index contributed by atoms with van der Waals surface area (Å²) in [4.78, 5) is 25.8. The normalized spacial score (nSPS) is 21.2. The highest BCUT2D eigenvalue weighted by atomic mass is 16.5. The SMILES string of the molecule is C[N@+]1(CC(=O)c2ccccc2)CC[C@H](C(=O)OC(Cc2ccccc2)c2ccccc2)CC1. The van der Waals surface area contributed by atoms with E-state index in [0.29, 0.717) is 17.4 Å². The Balaban J connectivity index is 1.37. The minimum absolute atomic E-state index is 0.120. The molecular formula is C29H32NO3+. The highest BCUT2D eigenvalue weighted by Gasteiger charge is 2.36. The highest BCUT2D eigenvalue weighted by molar-refractivity contribution is 5.96. The van der Waals surface area contributed by atoms with Gasteiger partial charge in [-0.05, 0) is 11.1 Å². The van der Waals surface area contributed by atoms with Gasteiger partial charge in [0.15, 0.2) is 0 Å². The molecule has 1 atom stereocenters. The van der Waals surface area contributed by atoms with Crippen LogP contribution in [0.3, 0.4) is 0 Å². The van der Waals surface area contributed by atoms with Crippen LogP contribution in [0.4, 0.5) is 0 Å². The minimum Gasteiger partial charge on any atom is -0.457 e. The van der Waals surface area contributed by atoms with E-state index < -0.39 is 0 Å². The van der Waals surface area contributed by atoms with Crippen molar-refractivity contribution in [2.75, 3.05) is 26.7 Å². The predicted octanol–water partition coefficient (Wildman–Crippen LogP) is 5.25. The molecule has 0 spiro atoms. The molecule has 3 aromatic carbocycles. The topological polar surface area (TPSA) is 43.4 Å². The number of quaternary nitrogens is 1. The molecular weight excluding hydrogens is 410 g/mol. The summed E-state index contributed by atoms with van der Waals surface area (Å²) in [6.45, 7) is 2.06. The van der Waals surface area contributed by atoms with Crippen LogP contribution in [-0.4, -0.2) is 42.9 Å². The van der Waals surface area contributed by atoms with Crippen molar-refractivity contribution >= 4 is 11.8 Å². The van der Waals surface area contributed by atoms with Gasteiger partial charge in [0.1, 0.15) is 12.6 Å². The minimum atomic E-state index is -0.302. The summed E-state index contributed by atoms with van der Waals surface area (Å²) in [5, 5.41) is 0. The molecule has 0 aliphatic carbocycles. The number of hydrogen-bond acceptors (Lipinski definition) is 3. The first-order chi connectivity index (χ1) is 16.0. The Labute approximate surface area is 196 Å². The Morgan fingerprint density at radius 3 is 2.00 bits per heavy atom. The molecule has 0 bridgehead atoms. The average molecular weight is 443 g/mol. The number of likely N-dealkylation sites (N-methyl/N-ethyl adjacent to an activating group) is 1. The lowest BCUT2D eigenvalue weighted by molar-refractivity contribution is -0.906. The lowest BCUT2D eigenvalue weighted by Crippen LogP contribution is -2.53. The van der Waals surface area contributed by atoms with Gasteiger partial charge in [0.25, 0.3) is 0 Å². The van der Waals surface area contributed by atoms with E-state index in [2.05, 4.69) is 19.2 Å². The molecule has 170 valence electrons. The molecule has 1 heterocycles. The summed E-state index contributed by atoms with van der Waals surface area (Å²) in [6.07, 6.45) is 1.83. The summed E-state index contributed by atoms with van der Waals surface area (Å²) in [5.41, 5.74) is 2.91. The number of hydrogen-bond donors (Lipinski definition) is 0. The van der Waals surface area contributed by atoms with Gasteiger partial charge in [0.2, 0.25) is 5.78 Å². The summed E-state index contributed by atoms with van der Waals surface area (Å²) >= 11 is 0. The summed E-state index contributed by atoms with van der Waals surface area (Å²) in [7, 11) is 2.12. The summed E-state index contributed by atoms with van der Waals surface area (Å²) in [6, 6.07) is 29.6. The third-order valence-corrected chi connectivity index (χ3v) is 6.68. The number of carbonyl (C=O) groups excluding carboxylic acids is 2. The first-order valence-corrected chi connectivity index (χ1v) is 11.7. The van der Waals surface area contributed by atoms with Gasteiger partial charge in [-0.25, -0.2) is 0 Å². The molecule has 1 unspecified atom stereocenters. The first kappa shape index (κ1) is 22.9. The van der Waals surface area contributed by atoms with Gasteiger partial charge in [0.05, 0.1) is 26.1 Å². The molecule has 4 nitrogen and oxygen atoms in total. The number of rotatable bonds is 8. The fourth-order valence-corrected chi connectivity index (χ4v) is 4.61. The van der Waals surface area contributed by atoms with Gasteiger partial charge in [-0.3, -0.25) is 9.59 Å². The van der Waals surface area contributed by atoms with Gasteiger partial charge < -0.3 is 9.22 Å². The average Bonchev–Trinajstić information content (AvgIpc) is 2.85. The Bertz CT molecular complexity index is 1040. The molecule has 0 aromatic heterocycles. The number of ketones is 1. The second-order valence-electron chi connectivity index (χ2n) is 9.31. The quantitative estimate of drug-likeness (QED) is 0.272. The monoisotopic (exact) mass is 442 g/mol. The van der Waals surface area contributed by atoms with E-state index in [9.17, 15) is 9.59 Å². The van der Waals surface area contributed by atoms with Gasteiger partial charge in [-0.1, -0.05) is 91.0 Å². The van der Waals surface area contributed by atoms with Crippen LogP contribution in [0.1, 0.15) is 40.4 Å². The van der Waals surface area contributed by atoms with E-state index in [1.165, 1.54) is 0 Å². The van der Waals surface area contributed by atoms with Crippen LogP contribution in [0.2, 0.25) is 0 Å². The molecule has 0 amide bonds. The molecule has 0 radical (unpaired) electrons. The van der Waals surface area contributed by atoms with Crippen molar-refractivity contribution in [1.82, 2.24) is 0 Å². The van der Waals surface area contributed by atoms with Gasteiger partial charge >= 0.3 is 5.97 Å². The van der Waals surface area contributed by atoms with Gasteiger partial charge in [-0.15, -0.1) is 0 Å². The number of nitrogens with zero attached hydrogens (tertiary/aromatic N) is 1. The maximum atomic E-state index is 13.1. The predicted molar refractivity (Wildman–Crippen MR) is 130 cm³/mol. The summed E-state index contributed by atoms with van der Waals surface area (Å²) < 4.78 is 6.76. The third kappa shape index (κ3) is 6.17. The number of Topliss-reactive ketones (excluding diaryl/α,β-unsaturated/α-hetero) is 1. The lowest BCUT2D eigenvalue weighted by Gasteiger charge is -2.39. The van der Waals surface area contributed by atoms with Crippen molar-refractivity contribution in [3.8, 4) is 0 Å². The zero-order valence-electron chi connectivity index (χ0n) is 19.2. The second kappa shape index (κ2) is 10.6. The second-order valence-corrected chi connectivity index (χ2v) is 9.31. The maximum absolute atomic E-state index is 13.1. The van der Waals surface area contributed by atoms with Crippen molar-refractivity contribution in [1.29, 1.82) is 0 Å². The molecule has 4 rings (SSSR count). The Morgan fingerprint density at radius 2 is 1.39 bits per heavy atom. The van der Waals surface area contributed by atoms with E-state index in [1.807, 2.05) is 78.9 Å². The number of likely N-dealkylation sites (tertiary alicyclic amines) is 1. The van der Waals surface area contributed by atoms with Crippen LogP contribution in [0.5, 0.6) is 0 Å². The Hall–Kier alpha value is -3.24. The maximum Gasteiger partial charge on any atom is 0.310 e. The Kier molecular flexibility index (Phi) is 7.36. The van der Waals surface area contributed by atoms with E-state index in [-0.39, 0.29) is 23.8 Å². The number of carbonyl (C=O) groups is 2. The van der Waals surface area contributed by atoms with Crippen molar-refractivity contribution in [3.63, 3.8) is 0 Å². The molecule has 0 N–H and O–H groups in total. The van der Waals surface area contributed by atoms with Crippen LogP contribution in [-0.2, 0) is 16.0 Å². The molecule has 4 heteroatoms. The molecule has 3 aromatic rings. The van der Waals surface area contributed by atoms with Crippen LogP contribution < -0.4 is 0 Å². The largest absolute Gasteiger partial charge is 0.457 e. The number of esters is 1. The zero-order valence-corrected chi connectivity index (χ0v) is 19.2. The fraction of sp³-hybridized carbons (Fsp3) is 0.310. The third-order valence-electron chi connectivity index (χ3n) is 6.68. The first-order valence-electron chi connectivity index (χ1n) is 11.7. The zero-order chi connectivity index (χ0) is 23.1. The number of benzene rings is 3. The standard InChI is InChI=1S/C29H32NO3/c1-30(22-27(31)24-13-7-3-8-14-24)19-17-26(18-20-30)29(32)33-28(25-15-9-4-10-16-25)21-23-11-5-2-6-12-23/h2-16,26,28H,17-22H2,1H3/q+1/t26-,28?,30-. The Morgan fingerprint density at radius 1 is 0.848 bits per heavy atom. The smallest absolute Gasteiger partial charge is 0.310 e. The number of piperidine rings is 1. The van der Waals surface area contributed by atoms with Crippen molar-refractivity contribution < 1.29 is 18.8 Å². The fourth-order valence-electron chi connectivity index (χ4n) is 4.61. The molecule has 1 fully saturated rings. The van der Waals surface area contributed by atoms with Crippen LogP contribution >= 0.6 is 0 Å². The highest BCUT2D eigenvalue weighted by Crippen LogP contribution is 2.28. The van der Waals surface area contributed by atoms with Crippen molar-refractivity contribution in [3.05, 3.63) is 108 Å². The van der Waals surface area contributed by atoms with E-state index in [1.54, 1.807) is 0 Å². The molecule has 0 saturated carbocycles. The van der Waals surface area contributed by atoms with Gasteiger partial charge in [0, 0.05) is 24.8 Å². The van der Waals surface area contributed by atoms with Crippen LogP contribution in [0.25, 0.3) is 0 Å². The van der Waals surface area contributed by atoms with E-state index in [0.717, 1.165) is 42.6 Å². The molecule has 33 heavy (non-hydrogen) atoms. The lowest BCUT2D eigenvalue weighted by atomic mass is 9.94. The molecule has 1 aliphatic heterocycles. The number of ether oxygens (including phenoxy) is 1. The van der Waals surface area contributed by atoms with Crippen LogP contribution in [0.15, 0.2) is 91.0 Å². The molecule has 1 aliphatic rings. The van der Waals surface area contributed by atoms with Crippen molar-refractivity contribution in [2.24, 2.45) is 5.92 Å². The molecule has 1 saturated heterocycles. The summed E-state index contributed by atoms with van der Waals surface area (Å²) in [5.74, 6) is -0.0865. The van der Waals surface area contributed by atoms with E-state index in [4.69, 9.17) is 4.74 Å². The van der Waals surface area contributed by atoms with E-state index >= 15 is 0 Å². The van der Waals surface area contributed by atoms with Crippen molar-refractivity contribution in [2.45, 2.75) is 25.4 Å². The van der Waals surface area contributed by atoms with Crippen LogP contribution in [0, 0.1) is 5.92 Å². The van der Waals surface area contributed by atoms with Gasteiger partial charge in [-0.2, -0.15) is 0 Å².